The lowest BCUT2D eigenvalue weighted by molar-refractivity contribution is -0.118. The van der Waals surface area contributed by atoms with Gasteiger partial charge in [-0.05, 0) is 44.4 Å². The Kier molecular flexibility index (Phi) is 6.55. The van der Waals surface area contributed by atoms with Crippen LogP contribution < -0.4 is 5.32 Å². The number of hydrogen-bond donors (Lipinski definition) is 1. The number of nitrogens with one attached hydrogen (secondary N) is 1. The van der Waals surface area contributed by atoms with Crippen LogP contribution in [0.5, 0.6) is 0 Å². The highest BCUT2D eigenvalue weighted by atomic mass is 32.2. The zero-order chi connectivity index (χ0) is 19.2. The largest absolute Gasteiger partial charge is 0.361 e. The van der Waals surface area contributed by atoms with Crippen LogP contribution in [0.4, 0.5) is 0 Å². The molecule has 0 aliphatic carbocycles. The summed E-state index contributed by atoms with van der Waals surface area (Å²) in [7, 11) is 0. The van der Waals surface area contributed by atoms with E-state index in [2.05, 4.69) is 10.5 Å². The van der Waals surface area contributed by atoms with E-state index < -0.39 is 0 Å². The van der Waals surface area contributed by atoms with Gasteiger partial charge in [-0.15, -0.1) is 11.8 Å². The van der Waals surface area contributed by atoms with Crippen LogP contribution in [0, 0.1) is 13.8 Å². The van der Waals surface area contributed by atoms with E-state index in [0.29, 0.717) is 23.6 Å². The smallest absolute Gasteiger partial charge is 0.253 e. The second-order valence-electron chi connectivity index (χ2n) is 6.77. The van der Waals surface area contributed by atoms with Crippen molar-refractivity contribution < 1.29 is 14.1 Å². The molecule has 1 aliphatic heterocycles. The predicted octanol–water partition coefficient (Wildman–Crippen LogP) is 3.08. The standard InChI is InChI=1S/C20H25N3O3S/c1-14-18(15(2)26-22-14)12-27-13-19(24)21-11-16-5-7-17(8-6-16)20(25)23-9-3-4-10-23/h5-8H,3-4,9-13H2,1-2H3,(H,21,24). The van der Waals surface area contributed by atoms with Crippen LogP contribution >= 0.6 is 11.8 Å². The number of hydrogen-bond acceptors (Lipinski definition) is 5. The maximum Gasteiger partial charge on any atom is 0.253 e. The van der Waals surface area contributed by atoms with Gasteiger partial charge in [-0.1, -0.05) is 17.3 Å². The Balaban J connectivity index is 1.41. The molecule has 27 heavy (non-hydrogen) atoms. The molecule has 0 bridgehead atoms. The van der Waals surface area contributed by atoms with E-state index in [0.717, 1.165) is 48.5 Å². The summed E-state index contributed by atoms with van der Waals surface area (Å²) in [5.74, 6) is 1.99. The van der Waals surface area contributed by atoms with E-state index in [-0.39, 0.29) is 11.8 Å². The minimum absolute atomic E-state index is 0.0102. The molecule has 1 aromatic carbocycles. The molecule has 2 aromatic rings. The maximum absolute atomic E-state index is 12.3. The number of aromatic nitrogens is 1. The van der Waals surface area contributed by atoms with E-state index in [1.165, 1.54) is 0 Å². The fraction of sp³-hybridized carbons (Fsp3) is 0.450. The van der Waals surface area contributed by atoms with Gasteiger partial charge in [0.05, 0.1) is 11.4 Å². The van der Waals surface area contributed by atoms with E-state index in [1.54, 1.807) is 11.8 Å². The van der Waals surface area contributed by atoms with Gasteiger partial charge >= 0.3 is 0 Å². The zero-order valence-electron chi connectivity index (χ0n) is 15.8. The van der Waals surface area contributed by atoms with Crippen LogP contribution in [0.3, 0.4) is 0 Å². The highest BCUT2D eigenvalue weighted by Gasteiger charge is 2.19. The molecule has 0 radical (unpaired) electrons. The second kappa shape index (κ2) is 9.08. The lowest BCUT2D eigenvalue weighted by Crippen LogP contribution is -2.27. The van der Waals surface area contributed by atoms with Crippen molar-refractivity contribution in [3.05, 3.63) is 52.4 Å². The number of aryl methyl sites for hydroxylation is 2. The van der Waals surface area contributed by atoms with Gasteiger partial charge in [-0.3, -0.25) is 9.59 Å². The topological polar surface area (TPSA) is 75.4 Å². The molecule has 1 aromatic heterocycles. The minimum atomic E-state index is -0.0102. The first-order valence-corrected chi connectivity index (χ1v) is 10.3. The lowest BCUT2D eigenvalue weighted by Gasteiger charge is -2.15. The van der Waals surface area contributed by atoms with Crippen LogP contribution in [0.2, 0.25) is 0 Å². The normalized spacial score (nSPS) is 13.8. The average molecular weight is 388 g/mol. The van der Waals surface area contributed by atoms with Crippen LogP contribution in [0.25, 0.3) is 0 Å². The van der Waals surface area contributed by atoms with Crippen LogP contribution in [0.15, 0.2) is 28.8 Å². The molecule has 3 rings (SSSR count). The Morgan fingerprint density at radius 2 is 1.89 bits per heavy atom. The summed E-state index contributed by atoms with van der Waals surface area (Å²) in [5.41, 5.74) is 3.63. The minimum Gasteiger partial charge on any atom is -0.361 e. The Labute approximate surface area is 163 Å². The van der Waals surface area contributed by atoms with Crippen molar-refractivity contribution in [2.45, 2.75) is 39.0 Å². The first-order valence-electron chi connectivity index (χ1n) is 9.19. The summed E-state index contributed by atoms with van der Waals surface area (Å²) in [6, 6.07) is 7.49. The van der Waals surface area contributed by atoms with Crippen LogP contribution in [-0.4, -0.2) is 40.7 Å². The summed E-state index contributed by atoms with van der Waals surface area (Å²) < 4.78 is 5.13. The van der Waals surface area contributed by atoms with Gasteiger partial charge in [0.15, 0.2) is 0 Å². The summed E-state index contributed by atoms with van der Waals surface area (Å²) >= 11 is 1.54. The molecular formula is C20H25N3O3S. The van der Waals surface area contributed by atoms with Crippen molar-refractivity contribution in [1.82, 2.24) is 15.4 Å². The summed E-state index contributed by atoms with van der Waals surface area (Å²) in [6.45, 7) is 5.95. The molecule has 7 heteroatoms. The van der Waals surface area contributed by atoms with Crippen molar-refractivity contribution in [2.24, 2.45) is 0 Å². The number of rotatable bonds is 7. The molecule has 1 aliphatic rings. The first kappa shape index (κ1) is 19.5. The van der Waals surface area contributed by atoms with Crippen molar-refractivity contribution in [3.63, 3.8) is 0 Å². The molecule has 0 saturated carbocycles. The molecule has 0 atom stereocenters. The van der Waals surface area contributed by atoms with E-state index in [4.69, 9.17) is 4.52 Å². The van der Waals surface area contributed by atoms with Gasteiger partial charge < -0.3 is 14.7 Å². The molecule has 0 spiro atoms. The Morgan fingerprint density at radius 1 is 1.19 bits per heavy atom. The molecule has 2 amide bonds. The molecule has 6 nitrogen and oxygen atoms in total. The SMILES string of the molecule is Cc1noc(C)c1CSCC(=O)NCc1ccc(C(=O)N2CCCC2)cc1. The Morgan fingerprint density at radius 3 is 2.52 bits per heavy atom. The zero-order valence-corrected chi connectivity index (χ0v) is 16.6. The van der Waals surface area contributed by atoms with Gasteiger partial charge in [0.25, 0.3) is 5.91 Å². The summed E-state index contributed by atoms with van der Waals surface area (Å²) in [6.07, 6.45) is 2.17. The van der Waals surface area contributed by atoms with E-state index >= 15 is 0 Å². The molecule has 2 heterocycles. The molecule has 1 fully saturated rings. The fourth-order valence-corrected chi connectivity index (χ4v) is 4.08. The average Bonchev–Trinajstić information content (AvgIpc) is 3.32. The second-order valence-corrected chi connectivity index (χ2v) is 7.75. The van der Waals surface area contributed by atoms with Crippen LogP contribution in [-0.2, 0) is 17.1 Å². The van der Waals surface area contributed by atoms with Gasteiger partial charge in [0.1, 0.15) is 5.76 Å². The first-order chi connectivity index (χ1) is 13.0. The lowest BCUT2D eigenvalue weighted by atomic mass is 10.1. The highest BCUT2D eigenvalue weighted by Crippen LogP contribution is 2.19. The van der Waals surface area contributed by atoms with E-state index in [9.17, 15) is 9.59 Å². The quantitative estimate of drug-likeness (QED) is 0.790. The summed E-state index contributed by atoms with van der Waals surface area (Å²) in [5, 5.41) is 6.84. The van der Waals surface area contributed by atoms with Gasteiger partial charge in [0, 0.05) is 36.5 Å². The number of carbonyl (C=O) groups excluding carboxylic acids is 2. The number of nitrogens with zero attached hydrogens (tertiary/aromatic N) is 2. The van der Waals surface area contributed by atoms with Crippen molar-refractivity contribution in [2.75, 3.05) is 18.8 Å². The Bertz CT molecular complexity index is 776. The van der Waals surface area contributed by atoms with E-state index in [1.807, 2.05) is 43.0 Å². The van der Waals surface area contributed by atoms with Gasteiger partial charge in [0.2, 0.25) is 5.91 Å². The maximum atomic E-state index is 12.3. The van der Waals surface area contributed by atoms with Crippen LogP contribution in [0.1, 0.15) is 45.8 Å². The highest BCUT2D eigenvalue weighted by molar-refractivity contribution is 7.99. The molecule has 1 saturated heterocycles. The monoisotopic (exact) mass is 387 g/mol. The number of benzene rings is 1. The molecule has 0 unspecified atom stereocenters. The third kappa shape index (κ3) is 5.13. The number of carbonyl (C=O) groups is 2. The van der Waals surface area contributed by atoms with Gasteiger partial charge in [-0.25, -0.2) is 0 Å². The third-order valence-electron chi connectivity index (χ3n) is 4.74. The van der Waals surface area contributed by atoms with Crippen molar-refractivity contribution in [3.8, 4) is 0 Å². The Hall–Kier alpha value is -2.28. The predicted molar refractivity (Wildman–Crippen MR) is 106 cm³/mol. The molecule has 1 N–H and O–H groups in total. The number of amides is 2. The van der Waals surface area contributed by atoms with Crippen molar-refractivity contribution in [1.29, 1.82) is 0 Å². The van der Waals surface area contributed by atoms with Gasteiger partial charge in [-0.2, -0.15) is 0 Å². The number of likely N-dealkylation sites (tertiary alicyclic amines) is 1. The van der Waals surface area contributed by atoms with Crippen molar-refractivity contribution >= 4 is 23.6 Å². The number of thioether (sulfide) groups is 1. The fourth-order valence-electron chi connectivity index (χ4n) is 3.07. The molecular weight excluding hydrogens is 362 g/mol. The third-order valence-corrected chi connectivity index (χ3v) is 5.70. The summed E-state index contributed by atoms with van der Waals surface area (Å²) in [4.78, 5) is 26.3. The molecule has 144 valence electrons.